The minimum absolute atomic E-state index is 0.120. The number of nitro groups is 1. The number of thiophene rings is 1. The van der Waals surface area contributed by atoms with E-state index in [4.69, 9.17) is 4.74 Å². The number of nitro benzene ring substituents is 1. The Kier molecular flexibility index (Phi) is 10.3. The molecule has 2 aromatic carbocycles. The molecule has 8 nitrogen and oxygen atoms in total. The molecule has 0 bridgehead atoms. The molecule has 0 fully saturated rings. The number of hydrogen-bond acceptors (Lipinski definition) is 6. The molecule has 1 aromatic heterocycles. The van der Waals surface area contributed by atoms with Crippen molar-refractivity contribution in [3.05, 3.63) is 97.2 Å². The summed E-state index contributed by atoms with van der Waals surface area (Å²) in [6, 6.07) is 18.2. The van der Waals surface area contributed by atoms with Gasteiger partial charge < -0.3 is 14.5 Å². The first kappa shape index (κ1) is 28.0. The lowest BCUT2D eigenvalue weighted by molar-refractivity contribution is -0.385. The molecule has 0 aliphatic carbocycles. The highest BCUT2D eigenvalue weighted by molar-refractivity contribution is 7.11. The van der Waals surface area contributed by atoms with E-state index in [1.165, 1.54) is 11.0 Å². The first-order chi connectivity index (χ1) is 17.8. The Balaban J connectivity index is 1.84. The van der Waals surface area contributed by atoms with E-state index in [0.29, 0.717) is 44.8 Å². The van der Waals surface area contributed by atoms with Crippen molar-refractivity contribution in [1.29, 1.82) is 0 Å². The smallest absolute Gasteiger partial charge is 0.273 e. The number of aryl methyl sites for hydroxylation is 2. The predicted octanol–water partition coefficient (Wildman–Crippen LogP) is 5.37. The van der Waals surface area contributed by atoms with Gasteiger partial charge in [-0.25, -0.2) is 0 Å². The zero-order valence-corrected chi connectivity index (χ0v) is 22.3. The van der Waals surface area contributed by atoms with Crippen LogP contribution in [0.3, 0.4) is 0 Å². The van der Waals surface area contributed by atoms with Gasteiger partial charge in [-0.1, -0.05) is 36.4 Å². The molecule has 0 radical (unpaired) electrons. The molecule has 0 spiro atoms. The van der Waals surface area contributed by atoms with E-state index in [0.717, 1.165) is 15.3 Å². The van der Waals surface area contributed by atoms with Gasteiger partial charge in [-0.15, -0.1) is 11.3 Å². The first-order valence-electron chi connectivity index (χ1n) is 12.3. The Hall–Kier alpha value is -3.56. The highest BCUT2D eigenvalue weighted by Crippen LogP contribution is 2.22. The molecule has 0 saturated heterocycles. The summed E-state index contributed by atoms with van der Waals surface area (Å²) >= 11 is 1.64. The molecule has 0 saturated carbocycles. The average Bonchev–Trinajstić information content (AvgIpc) is 3.30. The molecule has 1 heterocycles. The molecule has 3 aromatic rings. The third-order valence-electron chi connectivity index (χ3n) is 5.90. The zero-order chi connectivity index (χ0) is 26.8. The molecule has 0 atom stereocenters. The van der Waals surface area contributed by atoms with Crippen molar-refractivity contribution in [2.24, 2.45) is 0 Å². The summed E-state index contributed by atoms with van der Waals surface area (Å²) in [6.45, 7) is 7.56. The van der Waals surface area contributed by atoms with Gasteiger partial charge in [0.05, 0.1) is 11.5 Å². The molecule has 2 amide bonds. The van der Waals surface area contributed by atoms with Gasteiger partial charge in [0.15, 0.2) is 0 Å². The van der Waals surface area contributed by atoms with Crippen LogP contribution in [0.1, 0.15) is 44.6 Å². The number of carbonyl (C=O) groups excluding carboxylic acids is 2. The highest BCUT2D eigenvalue weighted by Gasteiger charge is 2.25. The maximum absolute atomic E-state index is 13.6. The monoisotopic (exact) mass is 523 g/mol. The lowest BCUT2D eigenvalue weighted by Gasteiger charge is -2.28. The molecule has 0 aliphatic rings. The summed E-state index contributed by atoms with van der Waals surface area (Å²) in [7, 11) is 0. The van der Waals surface area contributed by atoms with Crippen LogP contribution in [0.25, 0.3) is 0 Å². The minimum atomic E-state index is -0.499. The number of benzene rings is 2. The van der Waals surface area contributed by atoms with Gasteiger partial charge >= 0.3 is 0 Å². The van der Waals surface area contributed by atoms with E-state index in [1.807, 2.05) is 56.3 Å². The summed E-state index contributed by atoms with van der Waals surface area (Å²) in [5.74, 6) is -0.610. The van der Waals surface area contributed by atoms with Crippen LogP contribution in [0, 0.1) is 24.0 Å². The number of ether oxygens (including phenoxy) is 1. The molecule has 37 heavy (non-hydrogen) atoms. The fraction of sp³-hybridized carbons (Fsp3) is 0.357. The van der Waals surface area contributed by atoms with E-state index in [9.17, 15) is 19.7 Å². The predicted molar refractivity (Wildman–Crippen MR) is 145 cm³/mol. The van der Waals surface area contributed by atoms with Crippen molar-refractivity contribution in [2.45, 2.75) is 40.3 Å². The summed E-state index contributed by atoms with van der Waals surface area (Å²) < 4.78 is 5.43. The third-order valence-corrected chi connectivity index (χ3v) is 6.88. The Morgan fingerprint density at radius 1 is 1.00 bits per heavy atom. The molecule has 9 heteroatoms. The number of nitrogens with zero attached hydrogens (tertiary/aromatic N) is 3. The van der Waals surface area contributed by atoms with Crippen molar-refractivity contribution in [1.82, 2.24) is 9.80 Å². The largest absolute Gasteiger partial charge is 0.382 e. The molecule has 196 valence electrons. The fourth-order valence-electron chi connectivity index (χ4n) is 3.93. The van der Waals surface area contributed by atoms with Gasteiger partial charge in [0.1, 0.15) is 6.54 Å². The summed E-state index contributed by atoms with van der Waals surface area (Å²) in [5.41, 5.74) is 1.53. The van der Waals surface area contributed by atoms with E-state index in [1.54, 1.807) is 35.3 Å². The molecular weight excluding hydrogens is 490 g/mol. The van der Waals surface area contributed by atoms with E-state index >= 15 is 0 Å². The van der Waals surface area contributed by atoms with Crippen LogP contribution in [-0.4, -0.2) is 52.8 Å². The quantitative estimate of drug-likeness (QED) is 0.171. The van der Waals surface area contributed by atoms with E-state index in [-0.39, 0.29) is 23.7 Å². The SMILES string of the molecule is CCOCCCN(CC(=O)N(Cc1ccccc1)Cc1ccc(C)s1)C(=O)c1ccc(C)c([N+](=O)[O-])c1. The van der Waals surface area contributed by atoms with E-state index < -0.39 is 10.8 Å². The van der Waals surface area contributed by atoms with Crippen LogP contribution in [-0.2, 0) is 22.6 Å². The topological polar surface area (TPSA) is 93.0 Å². The van der Waals surface area contributed by atoms with Crippen molar-refractivity contribution >= 4 is 28.8 Å². The average molecular weight is 524 g/mol. The molecule has 0 unspecified atom stereocenters. The maximum atomic E-state index is 13.6. The molecule has 3 rings (SSSR count). The van der Waals surface area contributed by atoms with Gasteiger partial charge in [0, 0.05) is 53.3 Å². The summed E-state index contributed by atoms with van der Waals surface area (Å²) in [5, 5.41) is 11.4. The van der Waals surface area contributed by atoms with Gasteiger partial charge in [0.25, 0.3) is 11.6 Å². The second-order valence-electron chi connectivity index (χ2n) is 8.78. The number of carbonyl (C=O) groups is 2. The number of amides is 2. The normalized spacial score (nSPS) is 10.8. The number of rotatable bonds is 13. The first-order valence-corrected chi connectivity index (χ1v) is 13.1. The molecular formula is C28H33N3O5S. The Labute approximate surface area is 221 Å². The summed E-state index contributed by atoms with van der Waals surface area (Å²) in [4.78, 5) is 43.5. The van der Waals surface area contributed by atoms with Crippen LogP contribution < -0.4 is 0 Å². The second kappa shape index (κ2) is 13.7. The van der Waals surface area contributed by atoms with Gasteiger partial charge in [-0.2, -0.15) is 0 Å². The van der Waals surface area contributed by atoms with Gasteiger partial charge in [-0.3, -0.25) is 19.7 Å². The van der Waals surface area contributed by atoms with Crippen LogP contribution in [0.4, 0.5) is 5.69 Å². The maximum Gasteiger partial charge on any atom is 0.273 e. The van der Waals surface area contributed by atoms with Gasteiger partial charge in [0.2, 0.25) is 5.91 Å². The van der Waals surface area contributed by atoms with Crippen molar-refractivity contribution in [3.8, 4) is 0 Å². The lowest BCUT2D eigenvalue weighted by Crippen LogP contribution is -2.43. The molecule has 0 aliphatic heterocycles. The Morgan fingerprint density at radius 3 is 2.41 bits per heavy atom. The fourth-order valence-corrected chi connectivity index (χ4v) is 4.84. The summed E-state index contributed by atoms with van der Waals surface area (Å²) in [6.07, 6.45) is 0.545. The number of hydrogen-bond donors (Lipinski definition) is 0. The van der Waals surface area contributed by atoms with Crippen LogP contribution in [0.15, 0.2) is 60.7 Å². The van der Waals surface area contributed by atoms with E-state index in [2.05, 4.69) is 0 Å². The second-order valence-corrected chi connectivity index (χ2v) is 10.2. The third kappa shape index (κ3) is 8.23. The van der Waals surface area contributed by atoms with Crippen LogP contribution in [0.5, 0.6) is 0 Å². The van der Waals surface area contributed by atoms with Gasteiger partial charge in [-0.05, 0) is 51.0 Å². The van der Waals surface area contributed by atoms with Crippen molar-refractivity contribution < 1.29 is 19.2 Å². The standard InChI is InChI=1S/C28H33N3O5S/c1-4-36-16-8-15-29(28(33)24-13-11-21(2)26(17-24)31(34)35)20-27(32)30(18-23-9-6-5-7-10-23)19-25-14-12-22(3)37-25/h5-7,9-14,17H,4,8,15-16,18-20H2,1-3H3. The van der Waals surface area contributed by atoms with Crippen molar-refractivity contribution in [3.63, 3.8) is 0 Å². The van der Waals surface area contributed by atoms with Crippen LogP contribution in [0.2, 0.25) is 0 Å². The highest BCUT2D eigenvalue weighted by atomic mass is 32.1. The Morgan fingerprint density at radius 2 is 1.76 bits per heavy atom. The van der Waals surface area contributed by atoms with Crippen molar-refractivity contribution in [2.75, 3.05) is 26.3 Å². The lowest BCUT2D eigenvalue weighted by atomic mass is 10.1. The zero-order valence-electron chi connectivity index (χ0n) is 21.5. The minimum Gasteiger partial charge on any atom is -0.382 e. The molecule has 0 N–H and O–H groups in total. The van der Waals surface area contributed by atoms with Crippen LogP contribution >= 0.6 is 11.3 Å². The Bertz CT molecular complexity index is 1210.